The maximum atomic E-state index is 13.8. The van der Waals surface area contributed by atoms with Crippen molar-refractivity contribution < 1.29 is 93.8 Å². The van der Waals surface area contributed by atoms with Crippen molar-refractivity contribution in [1.82, 2.24) is 55.5 Å². The van der Waals surface area contributed by atoms with Crippen LogP contribution in [0.4, 0.5) is 36.7 Å². The number of hydrogen-bond acceptors (Lipinski definition) is 33. The SMILES string of the molecule is CCOC(=O)C1=C2CC(N)CN2C(c2nccs2)=N[C@H]1c1ccc(F)cc1Br.CCOC(=O)C1=C2CC(NC(=O)OC)CN2C(c2nccs2)=N[C@H]1c1ccc(F)cc1Br.CCOC(=O)C1=C2C[C@@H](NC(=O)OC)CN2C(c2nccs2)=N[C@H]1c1ccc(F)cc1Br.CCOC(=O)C1=C2C[C@H](NC(=O)OC)CN2C(c2nccs2)=N[C@H]1c1ccc(F)cc1Br.COC(=O)Cl.Cl. The van der Waals surface area contributed by atoms with E-state index in [0.717, 1.165) is 10.7 Å². The van der Waals surface area contributed by atoms with Crippen molar-refractivity contribution in [1.29, 1.82) is 0 Å². The molecular formula is C84H82Br4Cl2F4N16O16S4. The third-order valence-corrected chi connectivity index (χ3v) is 26.2. The first-order valence-electron chi connectivity index (χ1n) is 39.5. The number of rotatable bonds is 19. The fraction of sp³-hybridized carbons (Fsp3) is 0.333. The zero-order valence-electron chi connectivity index (χ0n) is 70.1. The smallest absolute Gasteiger partial charge is 0.407 e. The van der Waals surface area contributed by atoms with Crippen LogP contribution in [0.1, 0.15) is 120 Å². The van der Waals surface area contributed by atoms with Crippen LogP contribution in [-0.4, -0.2) is 216 Å². The number of fused-ring (bicyclic) bond motifs is 4. The van der Waals surface area contributed by atoms with Gasteiger partial charge in [-0.1, -0.05) is 88.0 Å². The van der Waals surface area contributed by atoms with E-state index in [1.54, 1.807) is 76.7 Å². The number of thiazole rings is 4. The number of aliphatic imine (C=N–C) groups is 4. The molecule has 0 radical (unpaired) electrons. The second kappa shape index (κ2) is 46.1. The van der Waals surface area contributed by atoms with Crippen molar-refractivity contribution >= 4 is 204 Å². The predicted octanol–water partition coefficient (Wildman–Crippen LogP) is 16.2. The van der Waals surface area contributed by atoms with Gasteiger partial charge in [0.25, 0.3) is 0 Å². The Hall–Kier alpha value is -10.4. The zero-order valence-corrected chi connectivity index (χ0v) is 81.3. The number of carbonyl (C=O) groups excluding carboxylic acids is 8. The van der Waals surface area contributed by atoms with E-state index in [0.29, 0.717) is 170 Å². The maximum Gasteiger partial charge on any atom is 0.407 e. The van der Waals surface area contributed by atoms with Crippen LogP contribution in [0.2, 0.25) is 0 Å². The third-order valence-electron chi connectivity index (χ3n) is 20.3. The normalized spacial score (nSPS) is 19.7. The quantitative estimate of drug-likeness (QED) is 0.0253. The highest BCUT2D eigenvalue weighted by Gasteiger charge is 2.48. The van der Waals surface area contributed by atoms with Gasteiger partial charge in [-0.3, -0.25) is 20.0 Å². The molecule has 5 N–H and O–H groups in total. The van der Waals surface area contributed by atoms with Gasteiger partial charge in [0.15, 0.2) is 43.4 Å². The molecule has 12 heterocycles. The lowest BCUT2D eigenvalue weighted by molar-refractivity contribution is -0.140. The molecule has 8 aliphatic rings. The van der Waals surface area contributed by atoms with Gasteiger partial charge in [0, 0.05) is 156 Å². The van der Waals surface area contributed by atoms with E-state index in [1.807, 2.05) is 41.1 Å². The summed E-state index contributed by atoms with van der Waals surface area (Å²) in [4.78, 5) is 142. The minimum atomic E-state index is -0.773. The molecule has 4 saturated heterocycles. The van der Waals surface area contributed by atoms with Gasteiger partial charge >= 0.3 is 47.6 Å². The highest BCUT2D eigenvalue weighted by molar-refractivity contribution is 9.11. The lowest BCUT2D eigenvalue weighted by Gasteiger charge is -2.31. The molecule has 688 valence electrons. The molecule has 8 aliphatic heterocycles. The van der Waals surface area contributed by atoms with Gasteiger partial charge < -0.3 is 79.2 Å². The van der Waals surface area contributed by atoms with Gasteiger partial charge in [-0.2, -0.15) is 0 Å². The van der Waals surface area contributed by atoms with Gasteiger partial charge in [-0.25, -0.2) is 75.9 Å². The van der Waals surface area contributed by atoms with E-state index in [-0.39, 0.29) is 68.8 Å². The van der Waals surface area contributed by atoms with Crippen LogP contribution in [-0.2, 0) is 57.1 Å². The van der Waals surface area contributed by atoms with Crippen molar-refractivity contribution in [2.75, 3.05) is 81.0 Å². The Morgan fingerprint density at radius 1 is 0.400 bits per heavy atom. The Labute approximate surface area is 802 Å². The van der Waals surface area contributed by atoms with Crippen LogP contribution in [0.15, 0.2) is 202 Å². The zero-order chi connectivity index (χ0) is 92.6. The van der Waals surface area contributed by atoms with Crippen LogP contribution in [0.5, 0.6) is 0 Å². The summed E-state index contributed by atoms with van der Waals surface area (Å²) in [5, 5.41) is 18.5. The van der Waals surface area contributed by atoms with Crippen molar-refractivity contribution in [3.05, 3.63) is 248 Å². The number of nitrogens with two attached hydrogens (primary N) is 1. The average Bonchev–Trinajstić information content (AvgIpc) is 1.58. The van der Waals surface area contributed by atoms with Crippen LogP contribution in [0, 0.1) is 23.3 Å². The summed E-state index contributed by atoms with van der Waals surface area (Å²) < 4.78 is 96.5. The fourth-order valence-corrected chi connectivity index (χ4v) is 19.9. The number of halogens is 10. The Bertz CT molecular complexity index is 5390. The molecule has 4 aromatic carbocycles. The first kappa shape index (κ1) is 100. The predicted molar refractivity (Wildman–Crippen MR) is 493 cm³/mol. The molecule has 8 aromatic rings. The molecule has 0 bridgehead atoms. The molecule has 4 fully saturated rings. The van der Waals surface area contributed by atoms with Crippen molar-refractivity contribution in [2.24, 2.45) is 25.7 Å². The van der Waals surface area contributed by atoms with Crippen LogP contribution >= 0.6 is 133 Å². The number of hydrogen-bond donors (Lipinski definition) is 4. The lowest BCUT2D eigenvalue weighted by atomic mass is 9.94. The summed E-state index contributed by atoms with van der Waals surface area (Å²) in [5.41, 5.74) is 12.4. The Morgan fingerprint density at radius 3 is 0.831 bits per heavy atom. The van der Waals surface area contributed by atoms with E-state index in [9.17, 15) is 55.9 Å². The van der Waals surface area contributed by atoms with Gasteiger partial charge in [0.05, 0.1) is 95.3 Å². The molecule has 46 heteroatoms. The number of alkyl carbamates (subject to hydrolysis) is 3. The van der Waals surface area contributed by atoms with E-state index < -0.39 is 89.2 Å². The largest absolute Gasteiger partial charge is 0.463 e. The number of ether oxygens (including phenoxy) is 8. The number of amidine groups is 4. The standard InChI is InChI=1S/3C21H20BrFN4O4S.C19H18BrFN4O2S.C2H3ClO2.ClH/c3*1-3-31-20(28)16-15-9-12(25-21(29)30-2)10-27(15)18(19-24-6-7-32-19)26-17(16)13-5-4-11(23)8-14(13)22;1-2-27-19(26)15-14-8-11(22)9-25(14)17(18-23-5-6-28-18)24-16(15)12-4-3-10(21)7-13(12)20;1-5-2(3)4;/h3*4-8,12,17H,3,9-10H2,1-2H3,(H,25,29);3-7,11,16H,2,8-9,22H2,1H3;1H3;1H/t12?,17-;12-,17+;12-,17-;11?,16-;;/m0100../s1. The van der Waals surface area contributed by atoms with E-state index in [1.165, 1.54) is 122 Å². The second-order valence-electron chi connectivity index (χ2n) is 28.2. The fourth-order valence-electron chi connectivity index (χ4n) is 15.1. The number of amides is 3. The number of aromatic nitrogens is 4. The summed E-state index contributed by atoms with van der Waals surface area (Å²) in [5.74, 6) is -1.12. The second-order valence-corrected chi connectivity index (χ2v) is 35.5. The van der Waals surface area contributed by atoms with Gasteiger partial charge in [0.2, 0.25) is 0 Å². The molecule has 4 aromatic heterocycles. The van der Waals surface area contributed by atoms with Gasteiger partial charge in [-0.05, 0) is 98.5 Å². The number of methoxy groups -OCH3 is 4. The maximum absolute atomic E-state index is 13.8. The van der Waals surface area contributed by atoms with Crippen LogP contribution in [0.25, 0.3) is 0 Å². The minimum Gasteiger partial charge on any atom is -0.463 e. The molecule has 0 aliphatic carbocycles. The molecular weight excluding hydrogens is 2080 g/mol. The van der Waals surface area contributed by atoms with Gasteiger partial charge in [-0.15, -0.1) is 57.8 Å². The molecule has 0 saturated carbocycles. The molecule has 3 amide bonds. The first-order valence-corrected chi connectivity index (χ1v) is 46.5. The summed E-state index contributed by atoms with van der Waals surface area (Å²) in [7, 11) is 5.11. The highest BCUT2D eigenvalue weighted by Crippen LogP contribution is 2.48. The minimum absolute atomic E-state index is 0. The Balaban J connectivity index is 0.000000164. The number of nitrogens with zero attached hydrogens (tertiary/aromatic N) is 12. The molecule has 0 spiro atoms. The van der Waals surface area contributed by atoms with E-state index in [4.69, 9.17) is 58.9 Å². The van der Waals surface area contributed by atoms with Crippen LogP contribution < -0.4 is 21.7 Å². The number of carbonyl (C=O) groups is 8. The summed E-state index contributed by atoms with van der Waals surface area (Å²) in [6, 6.07) is 13.3. The monoisotopic (exact) mass is 2160 g/mol. The molecule has 16 rings (SSSR count). The summed E-state index contributed by atoms with van der Waals surface area (Å²) >= 11 is 24.0. The van der Waals surface area contributed by atoms with E-state index >= 15 is 0 Å². The van der Waals surface area contributed by atoms with Crippen molar-refractivity contribution in [2.45, 2.75) is 102 Å². The Morgan fingerprint density at radius 2 is 0.631 bits per heavy atom. The van der Waals surface area contributed by atoms with Crippen molar-refractivity contribution in [3.8, 4) is 0 Å². The van der Waals surface area contributed by atoms with Crippen molar-refractivity contribution in [3.63, 3.8) is 0 Å². The summed E-state index contributed by atoms with van der Waals surface area (Å²) in [6.07, 6.45) is 6.74. The van der Waals surface area contributed by atoms with E-state index in [2.05, 4.69) is 116 Å². The third kappa shape index (κ3) is 23.4. The molecule has 130 heavy (non-hydrogen) atoms. The summed E-state index contributed by atoms with van der Waals surface area (Å²) in [6.45, 7) is 9.51. The topological polar surface area (TPSA) is 386 Å². The number of benzene rings is 4. The highest BCUT2D eigenvalue weighted by atomic mass is 79.9. The number of esters is 4. The molecule has 32 nitrogen and oxygen atoms in total. The Kier molecular flexibility index (Phi) is 35.5. The average molecular weight is 2170 g/mol. The molecule has 8 atom stereocenters. The molecule has 2 unspecified atom stereocenters. The number of nitrogens with one attached hydrogen (secondary N) is 3. The first-order chi connectivity index (χ1) is 62.0. The van der Waals surface area contributed by atoms with Gasteiger partial charge in [0.1, 0.15) is 47.4 Å². The lowest BCUT2D eigenvalue weighted by Crippen LogP contribution is -2.39. The van der Waals surface area contributed by atoms with Crippen LogP contribution in [0.3, 0.4) is 0 Å².